The number of nitrogen functional groups attached to an aromatic ring is 1. The average molecular weight is 204 g/mol. The molecule has 0 amide bonds. The molecule has 0 radical (unpaired) electrons. The fraction of sp³-hybridized carbons (Fsp3) is 0.455. The summed E-state index contributed by atoms with van der Waals surface area (Å²) in [6.45, 7) is 2.75. The van der Waals surface area contributed by atoms with Crippen LogP contribution in [0.3, 0.4) is 0 Å². The molecule has 1 aromatic heterocycles. The monoisotopic (exact) mass is 204 g/mol. The second-order valence-electron chi connectivity index (χ2n) is 3.67. The second-order valence-corrected chi connectivity index (χ2v) is 3.67. The first-order valence-electron chi connectivity index (χ1n) is 4.91. The first kappa shape index (κ1) is 11.5. The highest BCUT2D eigenvalue weighted by Crippen LogP contribution is 2.12. The minimum absolute atomic E-state index is 0.231. The summed E-state index contributed by atoms with van der Waals surface area (Å²) in [5, 5.41) is 8.59. The van der Waals surface area contributed by atoms with Crippen LogP contribution in [0, 0.1) is 11.3 Å². The number of nitriles is 1. The summed E-state index contributed by atoms with van der Waals surface area (Å²) in [4.78, 5) is 6.12. The van der Waals surface area contributed by atoms with E-state index in [2.05, 4.69) is 16.0 Å². The van der Waals surface area contributed by atoms with Crippen molar-refractivity contribution in [1.82, 2.24) is 9.88 Å². The third kappa shape index (κ3) is 3.22. The Morgan fingerprint density at radius 1 is 1.67 bits per heavy atom. The molecule has 1 rings (SSSR count). The lowest BCUT2D eigenvalue weighted by Gasteiger charge is -2.22. The summed E-state index contributed by atoms with van der Waals surface area (Å²) in [6.07, 6.45) is 2.20. The molecule has 4 heteroatoms. The van der Waals surface area contributed by atoms with E-state index >= 15 is 0 Å². The molecule has 0 saturated carbocycles. The van der Waals surface area contributed by atoms with E-state index in [-0.39, 0.29) is 6.04 Å². The lowest BCUT2D eigenvalue weighted by Crippen LogP contribution is -2.28. The van der Waals surface area contributed by atoms with Crippen molar-refractivity contribution >= 4 is 5.82 Å². The molecule has 0 aliphatic heterocycles. The highest BCUT2D eigenvalue weighted by molar-refractivity contribution is 5.38. The molecular formula is C11H16N4. The summed E-state index contributed by atoms with van der Waals surface area (Å²) >= 11 is 0. The van der Waals surface area contributed by atoms with Crippen LogP contribution in [0.2, 0.25) is 0 Å². The van der Waals surface area contributed by atoms with E-state index in [1.54, 1.807) is 6.20 Å². The molecule has 4 nitrogen and oxygen atoms in total. The molecule has 1 atom stereocenters. The zero-order chi connectivity index (χ0) is 11.3. The Labute approximate surface area is 90.3 Å². The Kier molecular flexibility index (Phi) is 4.07. The first-order valence-corrected chi connectivity index (χ1v) is 4.91. The van der Waals surface area contributed by atoms with Crippen molar-refractivity contribution in [2.75, 3.05) is 12.8 Å². The van der Waals surface area contributed by atoms with Gasteiger partial charge < -0.3 is 5.73 Å². The maximum absolute atomic E-state index is 8.59. The van der Waals surface area contributed by atoms with Crippen LogP contribution in [0.5, 0.6) is 0 Å². The van der Waals surface area contributed by atoms with E-state index in [4.69, 9.17) is 11.0 Å². The van der Waals surface area contributed by atoms with E-state index in [1.807, 2.05) is 26.1 Å². The number of anilines is 1. The van der Waals surface area contributed by atoms with Crippen molar-refractivity contribution in [3.63, 3.8) is 0 Å². The van der Waals surface area contributed by atoms with Gasteiger partial charge in [0.15, 0.2) is 0 Å². The molecule has 1 aromatic rings. The van der Waals surface area contributed by atoms with Gasteiger partial charge in [0.2, 0.25) is 0 Å². The molecule has 1 heterocycles. The predicted molar refractivity (Wildman–Crippen MR) is 59.8 cm³/mol. The van der Waals surface area contributed by atoms with Gasteiger partial charge in [0.05, 0.1) is 12.5 Å². The topological polar surface area (TPSA) is 65.9 Å². The molecule has 0 bridgehead atoms. The number of hydrogen-bond donors (Lipinski definition) is 1. The Morgan fingerprint density at radius 3 is 3.00 bits per heavy atom. The lowest BCUT2D eigenvalue weighted by atomic mass is 10.2. The van der Waals surface area contributed by atoms with Crippen molar-refractivity contribution in [2.24, 2.45) is 0 Å². The molecular weight excluding hydrogens is 188 g/mol. The zero-order valence-electron chi connectivity index (χ0n) is 9.14. The highest BCUT2D eigenvalue weighted by Gasteiger charge is 2.10. The van der Waals surface area contributed by atoms with E-state index < -0.39 is 0 Å². The summed E-state index contributed by atoms with van der Waals surface area (Å²) in [7, 11) is 1.98. The van der Waals surface area contributed by atoms with Crippen LogP contribution < -0.4 is 5.73 Å². The van der Waals surface area contributed by atoms with Gasteiger partial charge >= 0.3 is 0 Å². The molecule has 15 heavy (non-hydrogen) atoms. The standard InChI is InChI=1S/C11H16N4/c1-9(5-6-12)15(2)8-10-4-3-7-14-11(10)13/h3-4,7,9H,5,8H2,1-2H3,(H2,13,14). The molecule has 0 spiro atoms. The van der Waals surface area contributed by atoms with Crippen LogP contribution in [0.25, 0.3) is 0 Å². The van der Waals surface area contributed by atoms with E-state index in [9.17, 15) is 0 Å². The van der Waals surface area contributed by atoms with Gasteiger partial charge in [0, 0.05) is 24.3 Å². The van der Waals surface area contributed by atoms with Crippen molar-refractivity contribution in [3.8, 4) is 6.07 Å². The summed E-state index contributed by atoms with van der Waals surface area (Å²) in [5.74, 6) is 0.563. The number of aromatic nitrogens is 1. The van der Waals surface area contributed by atoms with Crippen LogP contribution in [0.4, 0.5) is 5.82 Å². The Bertz CT molecular complexity index is 356. The number of hydrogen-bond acceptors (Lipinski definition) is 4. The smallest absolute Gasteiger partial charge is 0.127 e. The third-order valence-electron chi connectivity index (χ3n) is 2.48. The van der Waals surface area contributed by atoms with Crippen LogP contribution in [-0.2, 0) is 6.54 Å². The SMILES string of the molecule is CC(CC#N)N(C)Cc1cccnc1N. The van der Waals surface area contributed by atoms with Gasteiger partial charge in [-0.1, -0.05) is 6.07 Å². The quantitative estimate of drug-likeness (QED) is 0.805. The molecule has 1 unspecified atom stereocenters. The molecule has 80 valence electrons. The van der Waals surface area contributed by atoms with E-state index in [0.29, 0.717) is 12.2 Å². The third-order valence-corrected chi connectivity index (χ3v) is 2.48. The zero-order valence-corrected chi connectivity index (χ0v) is 9.14. The average Bonchev–Trinajstić information content (AvgIpc) is 2.21. The van der Waals surface area contributed by atoms with Gasteiger partial charge in [-0.3, -0.25) is 4.90 Å². The van der Waals surface area contributed by atoms with Crippen LogP contribution >= 0.6 is 0 Å². The molecule has 0 aromatic carbocycles. The minimum atomic E-state index is 0.231. The molecule has 0 fully saturated rings. The maximum Gasteiger partial charge on any atom is 0.127 e. The number of nitrogens with zero attached hydrogens (tertiary/aromatic N) is 3. The predicted octanol–water partition coefficient (Wildman–Crippen LogP) is 1.40. The largest absolute Gasteiger partial charge is 0.383 e. The normalized spacial score (nSPS) is 12.4. The molecule has 2 N–H and O–H groups in total. The highest BCUT2D eigenvalue weighted by atomic mass is 15.1. The molecule has 0 aliphatic rings. The summed E-state index contributed by atoms with van der Waals surface area (Å²) in [6, 6.07) is 6.22. The van der Waals surface area contributed by atoms with Crippen molar-refractivity contribution in [2.45, 2.75) is 25.9 Å². The fourth-order valence-electron chi connectivity index (χ4n) is 1.30. The van der Waals surface area contributed by atoms with Gasteiger partial charge in [0.25, 0.3) is 0 Å². The first-order chi connectivity index (χ1) is 7.15. The van der Waals surface area contributed by atoms with Gasteiger partial charge in [-0.25, -0.2) is 4.98 Å². The Balaban J connectivity index is 2.63. The van der Waals surface area contributed by atoms with Gasteiger partial charge in [-0.05, 0) is 20.0 Å². The Hall–Kier alpha value is -1.60. The van der Waals surface area contributed by atoms with Crippen molar-refractivity contribution in [1.29, 1.82) is 5.26 Å². The second kappa shape index (κ2) is 5.32. The summed E-state index contributed by atoms with van der Waals surface area (Å²) < 4.78 is 0. The van der Waals surface area contributed by atoms with Crippen LogP contribution in [0.1, 0.15) is 18.9 Å². The van der Waals surface area contributed by atoms with Gasteiger partial charge in [-0.15, -0.1) is 0 Å². The fourth-order valence-corrected chi connectivity index (χ4v) is 1.30. The lowest BCUT2D eigenvalue weighted by molar-refractivity contribution is 0.252. The van der Waals surface area contributed by atoms with Crippen molar-refractivity contribution < 1.29 is 0 Å². The van der Waals surface area contributed by atoms with Gasteiger partial charge in [0.1, 0.15) is 5.82 Å². The number of nitrogens with two attached hydrogens (primary N) is 1. The Morgan fingerprint density at radius 2 is 2.40 bits per heavy atom. The van der Waals surface area contributed by atoms with E-state index in [0.717, 1.165) is 12.1 Å². The number of pyridine rings is 1. The van der Waals surface area contributed by atoms with Crippen LogP contribution in [-0.4, -0.2) is 23.0 Å². The van der Waals surface area contributed by atoms with Crippen molar-refractivity contribution in [3.05, 3.63) is 23.9 Å². The maximum atomic E-state index is 8.59. The minimum Gasteiger partial charge on any atom is -0.383 e. The molecule has 0 aliphatic carbocycles. The van der Waals surface area contributed by atoms with Crippen LogP contribution in [0.15, 0.2) is 18.3 Å². The molecule has 0 saturated heterocycles. The van der Waals surface area contributed by atoms with E-state index in [1.165, 1.54) is 0 Å². The number of rotatable bonds is 4. The van der Waals surface area contributed by atoms with Gasteiger partial charge in [-0.2, -0.15) is 5.26 Å². The summed E-state index contributed by atoms with van der Waals surface area (Å²) in [5.41, 5.74) is 6.74.